The average Bonchev–Trinajstić information content (AvgIpc) is 3.20. The number of ether oxygens (including phenoxy) is 1. The second kappa shape index (κ2) is 7.31. The minimum Gasteiger partial charge on any atom is -0.386 e. The van der Waals surface area contributed by atoms with Gasteiger partial charge in [0.1, 0.15) is 41.7 Å². The third-order valence-corrected chi connectivity index (χ3v) is 5.64. The van der Waals surface area contributed by atoms with Crippen LogP contribution in [-0.4, -0.2) is 47.7 Å². The van der Waals surface area contributed by atoms with E-state index in [9.17, 15) is 28.5 Å². The van der Waals surface area contributed by atoms with E-state index >= 15 is 0 Å². The number of aliphatic hydroxyl groups excluding tert-OH is 2. The molecule has 12 heteroatoms. The number of halogens is 4. The van der Waals surface area contributed by atoms with Crippen molar-refractivity contribution in [2.24, 2.45) is 0 Å². The van der Waals surface area contributed by atoms with E-state index in [1.165, 1.54) is 24.0 Å². The van der Waals surface area contributed by atoms with Crippen LogP contribution in [0.25, 0.3) is 11.0 Å². The van der Waals surface area contributed by atoms with Crippen LogP contribution in [0.1, 0.15) is 30.4 Å². The lowest BCUT2D eigenvalue weighted by molar-refractivity contribution is -0.138. The average molecular weight is 459 g/mol. The molecule has 0 saturated carbocycles. The lowest BCUT2D eigenvalue weighted by Crippen LogP contribution is -2.47. The molecule has 166 valence electrons. The monoisotopic (exact) mass is 458 g/mol. The van der Waals surface area contributed by atoms with Crippen molar-refractivity contribution in [1.82, 2.24) is 14.5 Å². The van der Waals surface area contributed by atoms with Crippen LogP contribution in [0.2, 0.25) is 5.02 Å². The first-order chi connectivity index (χ1) is 14.4. The maximum absolute atomic E-state index is 13.1. The Bertz CT molecular complexity index is 1140. The molecule has 1 aromatic carbocycles. The van der Waals surface area contributed by atoms with Gasteiger partial charge in [0.25, 0.3) is 0 Å². The Morgan fingerprint density at radius 3 is 2.68 bits per heavy atom. The summed E-state index contributed by atoms with van der Waals surface area (Å²) in [4.78, 5) is 7.97. The molecule has 0 radical (unpaired) electrons. The molecule has 0 amide bonds. The Morgan fingerprint density at radius 1 is 1.29 bits per heavy atom. The number of nitrogen functional groups attached to an aromatic ring is 1. The van der Waals surface area contributed by atoms with Gasteiger partial charge in [0.2, 0.25) is 0 Å². The highest BCUT2D eigenvalue weighted by molar-refractivity contribution is 6.30. The molecule has 31 heavy (non-hydrogen) atoms. The van der Waals surface area contributed by atoms with E-state index in [4.69, 9.17) is 22.1 Å². The van der Waals surface area contributed by atoms with Gasteiger partial charge in [-0.05, 0) is 36.8 Å². The number of rotatable bonds is 3. The molecule has 8 nitrogen and oxygen atoms in total. The van der Waals surface area contributed by atoms with E-state index in [1.807, 2.05) is 0 Å². The quantitative estimate of drug-likeness (QED) is 0.474. The first kappa shape index (κ1) is 21.8. The van der Waals surface area contributed by atoms with Gasteiger partial charge in [-0.2, -0.15) is 13.2 Å². The summed E-state index contributed by atoms with van der Waals surface area (Å²) in [6.45, 7) is 1.22. The van der Waals surface area contributed by atoms with Gasteiger partial charge in [-0.15, -0.1) is 0 Å². The minimum absolute atomic E-state index is 0.193. The van der Waals surface area contributed by atoms with Crippen molar-refractivity contribution in [3.63, 3.8) is 0 Å². The van der Waals surface area contributed by atoms with Crippen LogP contribution < -0.4 is 5.73 Å². The minimum atomic E-state index is -4.69. The highest BCUT2D eigenvalue weighted by Gasteiger charge is 2.56. The summed E-state index contributed by atoms with van der Waals surface area (Å²) in [5.41, 5.74) is 2.81. The van der Waals surface area contributed by atoms with Gasteiger partial charge in [-0.25, -0.2) is 9.97 Å². The van der Waals surface area contributed by atoms with Crippen molar-refractivity contribution in [2.75, 3.05) is 5.73 Å². The summed E-state index contributed by atoms with van der Waals surface area (Å²) < 4.78 is 46.6. The number of nitrogens with zero attached hydrogens (tertiary/aromatic N) is 3. The molecule has 1 aliphatic heterocycles. The summed E-state index contributed by atoms with van der Waals surface area (Å²) in [7, 11) is 0. The lowest BCUT2D eigenvalue weighted by atomic mass is 9.88. The predicted molar refractivity (Wildman–Crippen MR) is 104 cm³/mol. The molecule has 1 aliphatic rings. The highest BCUT2D eigenvalue weighted by Crippen LogP contribution is 2.44. The number of aliphatic hydroxyl groups is 3. The largest absolute Gasteiger partial charge is 0.416 e. The van der Waals surface area contributed by atoms with Crippen LogP contribution in [0.15, 0.2) is 36.8 Å². The van der Waals surface area contributed by atoms with Crippen molar-refractivity contribution in [3.8, 4) is 0 Å². The zero-order valence-corrected chi connectivity index (χ0v) is 16.7. The fourth-order valence-corrected chi connectivity index (χ4v) is 3.99. The van der Waals surface area contributed by atoms with Gasteiger partial charge < -0.3 is 30.4 Å². The van der Waals surface area contributed by atoms with Crippen molar-refractivity contribution >= 4 is 28.5 Å². The number of aromatic nitrogens is 3. The molecule has 3 heterocycles. The SMILES string of the molecule is C[C@@]1(O)[C@@H](C(O)c2cc(Cl)cc(C(F)(F)F)c2)O[C@@H](n2ccc3c(N)ncnc32)[C@@H]1O. The van der Waals surface area contributed by atoms with Crippen molar-refractivity contribution < 1.29 is 33.2 Å². The second-order valence-corrected chi connectivity index (χ2v) is 7.99. The third-order valence-electron chi connectivity index (χ3n) is 5.42. The summed E-state index contributed by atoms with van der Waals surface area (Å²) >= 11 is 5.80. The number of hydrogen-bond donors (Lipinski definition) is 4. The number of alkyl halides is 3. The van der Waals surface area contributed by atoms with Crippen LogP contribution in [0.5, 0.6) is 0 Å². The number of fused-ring (bicyclic) bond motifs is 1. The highest BCUT2D eigenvalue weighted by atomic mass is 35.5. The molecule has 5 N–H and O–H groups in total. The van der Waals surface area contributed by atoms with Crippen LogP contribution >= 0.6 is 11.6 Å². The molecule has 0 aliphatic carbocycles. The molecule has 1 fully saturated rings. The number of hydrogen-bond acceptors (Lipinski definition) is 7. The molecule has 1 saturated heterocycles. The lowest BCUT2D eigenvalue weighted by Gasteiger charge is -2.30. The number of benzene rings is 1. The Labute approximate surface area is 178 Å². The Hall–Kier alpha value is -2.44. The maximum atomic E-state index is 13.1. The van der Waals surface area contributed by atoms with Gasteiger partial charge in [-0.1, -0.05) is 11.6 Å². The smallest absolute Gasteiger partial charge is 0.386 e. The van der Waals surface area contributed by atoms with Gasteiger partial charge in [0, 0.05) is 11.2 Å². The van der Waals surface area contributed by atoms with Gasteiger partial charge in [-0.3, -0.25) is 0 Å². The molecule has 1 unspecified atom stereocenters. The molecule has 5 atom stereocenters. The predicted octanol–water partition coefficient (Wildman–Crippen LogP) is 2.43. The zero-order valence-electron chi connectivity index (χ0n) is 16.0. The first-order valence-corrected chi connectivity index (χ1v) is 9.47. The summed E-state index contributed by atoms with van der Waals surface area (Å²) in [5.74, 6) is 0.193. The third kappa shape index (κ3) is 3.62. The number of anilines is 1. The molecular weight excluding hydrogens is 441 g/mol. The van der Waals surface area contributed by atoms with E-state index in [2.05, 4.69) is 9.97 Å². The van der Waals surface area contributed by atoms with E-state index in [-0.39, 0.29) is 16.4 Å². The Morgan fingerprint density at radius 2 is 2.00 bits per heavy atom. The molecular formula is C19H18ClF3N4O4. The topological polar surface area (TPSA) is 127 Å². The fourth-order valence-electron chi connectivity index (χ4n) is 3.75. The van der Waals surface area contributed by atoms with E-state index < -0.39 is 41.9 Å². The first-order valence-electron chi connectivity index (χ1n) is 9.10. The standard InChI is InChI=1S/C19H18ClF3N4O4/c1-18(30)13(29)17(27-3-2-11-15(24)25-7-26-16(11)27)31-14(18)12(28)8-4-9(19(21,22)23)6-10(20)5-8/h2-7,12-14,17,28-30H,1H3,(H2,24,25,26)/t12?,13-,14+,17+,18-/m0/s1. The normalized spacial score (nSPS) is 27.7. The fraction of sp³-hybridized carbons (Fsp3) is 0.368. The molecule has 2 aromatic heterocycles. The van der Waals surface area contributed by atoms with Gasteiger partial charge in [0.05, 0.1) is 10.9 Å². The van der Waals surface area contributed by atoms with Crippen molar-refractivity contribution in [1.29, 1.82) is 0 Å². The molecule has 3 aromatic rings. The summed E-state index contributed by atoms with van der Waals surface area (Å²) in [6, 6.07) is 4.17. The molecule has 0 bridgehead atoms. The van der Waals surface area contributed by atoms with Crippen molar-refractivity contribution in [2.45, 2.75) is 43.2 Å². The van der Waals surface area contributed by atoms with Crippen molar-refractivity contribution in [3.05, 3.63) is 52.9 Å². The maximum Gasteiger partial charge on any atom is 0.416 e. The molecule has 4 rings (SSSR count). The zero-order chi connectivity index (χ0) is 22.7. The number of nitrogens with two attached hydrogens (primary N) is 1. The summed E-state index contributed by atoms with van der Waals surface area (Å²) in [5, 5.41) is 32.6. The molecule has 0 spiro atoms. The second-order valence-electron chi connectivity index (χ2n) is 7.55. The van der Waals surface area contributed by atoms with E-state index in [1.54, 1.807) is 6.07 Å². The summed E-state index contributed by atoms with van der Waals surface area (Å²) in [6.07, 6.45) is -7.94. The van der Waals surface area contributed by atoms with E-state index in [0.29, 0.717) is 17.1 Å². The van der Waals surface area contributed by atoms with Crippen LogP contribution in [0.4, 0.5) is 19.0 Å². The van der Waals surface area contributed by atoms with E-state index in [0.717, 1.165) is 12.1 Å². The van der Waals surface area contributed by atoms with Gasteiger partial charge >= 0.3 is 6.18 Å². The van der Waals surface area contributed by atoms with Crippen LogP contribution in [-0.2, 0) is 10.9 Å². The van der Waals surface area contributed by atoms with Crippen LogP contribution in [0, 0.1) is 0 Å². The Kier molecular flexibility index (Phi) is 5.14. The Balaban J connectivity index is 1.71. The van der Waals surface area contributed by atoms with Crippen LogP contribution in [0.3, 0.4) is 0 Å². The van der Waals surface area contributed by atoms with Gasteiger partial charge in [0.15, 0.2) is 6.23 Å².